The molecule has 1 N–H and O–H groups in total. The molecule has 130 valence electrons. The fourth-order valence-electron chi connectivity index (χ4n) is 2.57. The van der Waals surface area contributed by atoms with Crippen LogP contribution >= 0.6 is 11.6 Å². The summed E-state index contributed by atoms with van der Waals surface area (Å²) in [5.41, 5.74) is 1.09. The number of amides is 2. The highest BCUT2D eigenvalue weighted by atomic mass is 35.5. The van der Waals surface area contributed by atoms with E-state index in [1.54, 1.807) is 17.2 Å². The molecule has 0 spiro atoms. The van der Waals surface area contributed by atoms with Gasteiger partial charge in [0, 0.05) is 37.7 Å². The number of piperazine rings is 1. The van der Waals surface area contributed by atoms with Crippen LogP contribution in [-0.4, -0.2) is 53.4 Å². The van der Waals surface area contributed by atoms with Crippen LogP contribution in [0.5, 0.6) is 0 Å². The quantitative estimate of drug-likeness (QED) is 0.815. The van der Waals surface area contributed by atoms with E-state index in [-0.39, 0.29) is 11.6 Å². The number of hydrogen-bond acceptors (Lipinski definition) is 5. The number of hydrogen-bond donors (Lipinski definition) is 1. The highest BCUT2D eigenvalue weighted by molar-refractivity contribution is 6.31. The van der Waals surface area contributed by atoms with Crippen LogP contribution < -0.4 is 10.2 Å². The summed E-state index contributed by atoms with van der Waals surface area (Å²) >= 11 is 6.07. The molecule has 0 bridgehead atoms. The monoisotopic (exact) mass is 359 g/mol. The van der Waals surface area contributed by atoms with Gasteiger partial charge in [-0.2, -0.15) is 0 Å². The van der Waals surface area contributed by atoms with E-state index >= 15 is 0 Å². The van der Waals surface area contributed by atoms with Crippen LogP contribution in [-0.2, 0) is 11.3 Å². The highest BCUT2D eigenvalue weighted by Crippen LogP contribution is 2.15. The highest BCUT2D eigenvalue weighted by Gasteiger charge is 2.17. The number of carbonyl (C=O) groups is 2. The van der Waals surface area contributed by atoms with Gasteiger partial charge in [0.2, 0.25) is 6.41 Å². The Hall–Kier alpha value is -2.67. The first kappa shape index (κ1) is 17.2. The summed E-state index contributed by atoms with van der Waals surface area (Å²) in [6.45, 7) is 3.04. The lowest BCUT2D eigenvalue weighted by Crippen LogP contribution is -2.46. The number of nitrogens with one attached hydrogen (secondary N) is 1. The summed E-state index contributed by atoms with van der Waals surface area (Å²) < 4.78 is 0. The molecule has 0 saturated carbocycles. The predicted molar refractivity (Wildman–Crippen MR) is 94.5 cm³/mol. The number of nitrogens with zero attached hydrogens (tertiary/aromatic N) is 4. The molecule has 0 atom stereocenters. The van der Waals surface area contributed by atoms with Crippen LogP contribution in [0.3, 0.4) is 0 Å². The molecule has 0 unspecified atom stereocenters. The predicted octanol–water partition coefficient (Wildman–Crippen LogP) is 1.34. The van der Waals surface area contributed by atoms with Crippen LogP contribution in [0.15, 0.2) is 36.7 Å². The summed E-state index contributed by atoms with van der Waals surface area (Å²) in [7, 11) is 0. The zero-order valence-corrected chi connectivity index (χ0v) is 14.3. The third-order valence-corrected chi connectivity index (χ3v) is 4.42. The van der Waals surface area contributed by atoms with Crippen LogP contribution in [0.2, 0.25) is 5.02 Å². The standard InChI is InChI=1S/C17H18ClN5O2/c18-14-4-2-1-3-13(14)9-21-17(25)15-10-20-16(11-19-15)23-7-5-22(12-24)6-8-23/h1-4,10-12H,5-9H2,(H,21,25). The number of halogens is 1. The van der Waals surface area contributed by atoms with Gasteiger partial charge in [-0.25, -0.2) is 9.97 Å². The van der Waals surface area contributed by atoms with Gasteiger partial charge in [-0.3, -0.25) is 9.59 Å². The van der Waals surface area contributed by atoms with Crippen molar-refractivity contribution in [2.75, 3.05) is 31.1 Å². The van der Waals surface area contributed by atoms with Crippen molar-refractivity contribution >= 4 is 29.7 Å². The Morgan fingerprint density at radius 1 is 1.16 bits per heavy atom. The minimum absolute atomic E-state index is 0.252. The molecule has 3 rings (SSSR count). The molecule has 0 radical (unpaired) electrons. The molecule has 2 heterocycles. The molecular weight excluding hydrogens is 342 g/mol. The summed E-state index contributed by atoms with van der Waals surface area (Å²) in [5, 5.41) is 3.39. The van der Waals surface area contributed by atoms with Gasteiger partial charge >= 0.3 is 0 Å². The lowest BCUT2D eigenvalue weighted by Gasteiger charge is -2.33. The van der Waals surface area contributed by atoms with E-state index in [1.807, 2.05) is 23.1 Å². The molecule has 1 aliphatic rings. The molecule has 1 aliphatic heterocycles. The van der Waals surface area contributed by atoms with Gasteiger partial charge in [0.25, 0.3) is 5.91 Å². The van der Waals surface area contributed by atoms with Gasteiger partial charge in [0.05, 0.1) is 12.4 Å². The van der Waals surface area contributed by atoms with Crippen LogP contribution in [0.1, 0.15) is 16.1 Å². The molecular formula is C17H18ClN5O2. The van der Waals surface area contributed by atoms with E-state index in [0.717, 1.165) is 12.0 Å². The maximum Gasteiger partial charge on any atom is 0.271 e. The normalized spacial score (nSPS) is 14.3. The number of rotatable bonds is 5. The lowest BCUT2D eigenvalue weighted by atomic mass is 10.2. The topological polar surface area (TPSA) is 78.4 Å². The Morgan fingerprint density at radius 3 is 2.56 bits per heavy atom. The third kappa shape index (κ3) is 4.24. The molecule has 1 saturated heterocycles. The molecule has 25 heavy (non-hydrogen) atoms. The van der Waals surface area contributed by atoms with Crippen LogP contribution in [0.25, 0.3) is 0 Å². The minimum atomic E-state index is -0.301. The summed E-state index contributed by atoms with van der Waals surface area (Å²) in [4.78, 5) is 35.2. The SMILES string of the molecule is O=CN1CCN(c2cnc(C(=O)NCc3ccccc3Cl)cn2)CC1. The summed E-state index contributed by atoms with van der Waals surface area (Å²) in [5.74, 6) is 0.401. The molecule has 0 aliphatic carbocycles. The molecule has 1 aromatic heterocycles. The van der Waals surface area contributed by atoms with E-state index in [4.69, 9.17) is 11.6 Å². The molecule has 1 fully saturated rings. The minimum Gasteiger partial charge on any atom is -0.352 e. The van der Waals surface area contributed by atoms with Crippen molar-refractivity contribution in [1.29, 1.82) is 0 Å². The Labute approximate surface area is 150 Å². The largest absolute Gasteiger partial charge is 0.352 e. The van der Waals surface area contributed by atoms with E-state index in [2.05, 4.69) is 15.3 Å². The van der Waals surface area contributed by atoms with Gasteiger partial charge in [-0.1, -0.05) is 29.8 Å². The van der Waals surface area contributed by atoms with Gasteiger partial charge in [0.15, 0.2) is 0 Å². The Bertz CT molecular complexity index is 745. The Kier molecular flexibility index (Phi) is 5.45. The van der Waals surface area contributed by atoms with Crippen molar-refractivity contribution in [2.45, 2.75) is 6.54 Å². The summed E-state index contributed by atoms with van der Waals surface area (Å²) in [6, 6.07) is 7.34. The Morgan fingerprint density at radius 2 is 1.92 bits per heavy atom. The van der Waals surface area contributed by atoms with Gasteiger partial charge in [0.1, 0.15) is 11.5 Å². The fraction of sp³-hybridized carbons (Fsp3) is 0.294. The van der Waals surface area contributed by atoms with Crippen molar-refractivity contribution in [3.8, 4) is 0 Å². The van der Waals surface area contributed by atoms with E-state index in [9.17, 15) is 9.59 Å². The van der Waals surface area contributed by atoms with Crippen molar-refractivity contribution < 1.29 is 9.59 Å². The summed E-state index contributed by atoms with van der Waals surface area (Å²) in [6.07, 6.45) is 3.90. The van der Waals surface area contributed by atoms with Gasteiger partial charge < -0.3 is 15.1 Å². The fourth-order valence-corrected chi connectivity index (χ4v) is 2.77. The third-order valence-electron chi connectivity index (χ3n) is 4.06. The first-order valence-corrected chi connectivity index (χ1v) is 8.33. The number of anilines is 1. The lowest BCUT2D eigenvalue weighted by molar-refractivity contribution is -0.118. The zero-order chi connectivity index (χ0) is 17.6. The van der Waals surface area contributed by atoms with Crippen LogP contribution in [0.4, 0.5) is 5.82 Å². The first-order valence-electron chi connectivity index (χ1n) is 7.95. The Balaban J connectivity index is 1.57. The van der Waals surface area contributed by atoms with Crippen molar-refractivity contribution in [3.05, 3.63) is 52.9 Å². The molecule has 2 aromatic rings. The maximum absolute atomic E-state index is 12.2. The second-order valence-corrected chi connectivity index (χ2v) is 6.07. The number of carbonyl (C=O) groups excluding carboxylic acids is 2. The first-order chi connectivity index (χ1) is 12.2. The van der Waals surface area contributed by atoms with E-state index < -0.39 is 0 Å². The number of benzene rings is 1. The van der Waals surface area contributed by atoms with Crippen molar-refractivity contribution in [1.82, 2.24) is 20.2 Å². The zero-order valence-electron chi connectivity index (χ0n) is 13.6. The van der Waals surface area contributed by atoms with Gasteiger partial charge in [-0.05, 0) is 11.6 Å². The van der Waals surface area contributed by atoms with Crippen LogP contribution in [0, 0.1) is 0 Å². The molecule has 8 heteroatoms. The smallest absolute Gasteiger partial charge is 0.271 e. The molecule has 1 aromatic carbocycles. The average molecular weight is 360 g/mol. The molecule has 2 amide bonds. The molecule has 7 nitrogen and oxygen atoms in total. The second kappa shape index (κ2) is 7.94. The van der Waals surface area contributed by atoms with E-state index in [1.165, 1.54) is 6.20 Å². The van der Waals surface area contributed by atoms with Crippen molar-refractivity contribution in [3.63, 3.8) is 0 Å². The average Bonchev–Trinajstić information content (AvgIpc) is 2.67. The van der Waals surface area contributed by atoms with E-state index in [0.29, 0.717) is 43.6 Å². The second-order valence-electron chi connectivity index (χ2n) is 5.66. The van der Waals surface area contributed by atoms with Gasteiger partial charge in [-0.15, -0.1) is 0 Å². The maximum atomic E-state index is 12.2. The number of aromatic nitrogens is 2. The van der Waals surface area contributed by atoms with Crippen molar-refractivity contribution in [2.24, 2.45) is 0 Å².